The third-order valence-electron chi connectivity index (χ3n) is 7.23. The first-order chi connectivity index (χ1) is 18.7. The Balaban J connectivity index is 1.39. The first kappa shape index (κ1) is 25.4. The summed E-state index contributed by atoms with van der Waals surface area (Å²) in [6, 6.07) is 13.2. The number of hydrogen-bond donors (Lipinski definition) is 0. The number of pyridine rings is 2. The molecule has 8 nitrogen and oxygen atoms in total. The number of fused-ring (bicyclic) bond motifs is 2. The van der Waals surface area contributed by atoms with Crippen molar-refractivity contribution in [3.8, 4) is 11.3 Å². The van der Waals surface area contributed by atoms with Gasteiger partial charge < -0.3 is 9.30 Å². The van der Waals surface area contributed by atoms with Gasteiger partial charge in [0.25, 0.3) is 0 Å². The molecule has 4 aromatic rings. The molecule has 6 rings (SSSR count). The van der Waals surface area contributed by atoms with Gasteiger partial charge in [0.05, 0.1) is 16.9 Å². The van der Waals surface area contributed by atoms with Gasteiger partial charge in [-0.05, 0) is 62.1 Å². The van der Waals surface area contributed by atoms with Gasteiger partial charge in [-0.25, -0.2) is 22.6 Å². The fraction of sp³-hybridized carbons (Fsp3) is 0.276. The highest BCUT2D eigenvalue weighted by atomic mass is 32.2. The zero-order valence-corrected chi connectivity index (χ0v) is 22.3. The highest BCUT2D eigenvalue weighted by Crippen LogP contribution is 2.38. The Morgan fingerprint density at radius 2 is 1.79 bits per heavy atom. The molecular formula is C29H26FN3O5S. The molecule has 0 N–H and O–H groups in total. The van der Waals surface area contributed by atoms with Crippen LogP contribution >= 0.6 is 0 Å². The predicted molar refractivity (Wildman–Crippen MR) is 143 cm³/mol. The van der Waals surface area contributed by atoms with E-state index >= 15 is 4.39 Å². The lowest BCUT2D eigenvalue weighted by atomic mass is 10.0. The van der Waals surface area contributed by atoms with Crippen molar-refractivity contribution < 1.29 is 22.3 Å². The van der Waals surface area contributed by atoms with Crippen molar-refractivity contribution in [3.63, 3.8) is 0 Å². The van der Waals surface area contributed by atoms with Crippen LogP contribution in [-0.2, 0) is 27.8 Å². The van der Waals surface area contributed by atoms with Crippen molar-refractivity contribution in [2.45, 2.75) is 50.7 Å². The van der Waals surface area contributed by atoms with Gasteiger partial charge in [0.15, 0.2) is 0 Å². The van der Waals surface area contributed by atoms with Gasteiger partial charge in [-0.3, -0.25) is 4.79 Å². The molecule has 0 spiro atoms. The van der Waals surface area contributed by atoms with Gasteiger partial charge >= 0.3 is 5.97 Å². The summed E-state index contributed by atoms with van der Waals surface area (Å²) >= 11 is 0. The second-order valence-corrected chi connectivity index (χ2v) is 11.9. The number of carbonyl (C=O) groups excluding carboxylic acids is 1. The lowest BCUT2D eigenvalue weighted by molar-refractivity contribution is 0.0524. The average Bonchev–Trinajstić information content (AvgIpc) is 3.66. The number of rotatable bonds is 6. The van der Waals surface area contributed by atoms with E-state index in [1.807, 2.05) is 6.92 Å². The first-order valence-corrected chi connectivity index (χ1v) is 14.2. The van der Waals surface area contributed by atoms with Crippen LogP contribution in [0.4, 0.5) is 4.39 Å². The fourth-order valence-electron chi connectivity index (χ4n) is 4.97. The maximum Gasteiger partial charge on any atom is 0.343 e. The molecule has 10 heteroatoms. The Bertz CT molecular complexity index is 1810. The monoisotopic (exact) mass is 547 g/mol. The number of sulfonamides is 1. The second-order valence-electron chi connectivity index (χ2n) is 9.99. The van der Waals surface area contributed by atoms with Crippen LogP contribution in [0.15, 0.2) is 64.4 Å². The number of esters is 1. The third kappa shape index (κ3) is 4.43. The summed E-state index contributed by atoms with van der Waals surface area (Å²) in [6.07, 6.45) is 3.18. The van der Waals surface area contributed by atoms with Crippen LogP contribution in [0.2, 0.25) is 0 Å². The zero-order valence-electron chi connectivity index (χ0n) is 21.5. The van der Waals surface area contributed by atoms with Crippen LogP contribution in [0.3, 0.4) is 0 Å². The Kier molecular flexibility index (Phi) is 6.11. The van der Waals surface area contributed by atoms with Gasteiger partial charge in [-0.15, -0.1) is 0 Å². The zero-order chi connectivity index (χ0) is 27.5. The summed E-state index contributed by atoms with van der Waals surface area (Å²) in [6.45, 7) is 4.04. The van der Waals surface area contributed by atoms with Gasteiger partial charge in [0, 0.05) is 30.9 Å². The number of nitrogens with zero attached hydrogens (tertiary/aromatic N) is 3. The van der Waals surface area contributed by atoms with E-state index in [-0.39, 0.29) is 47.3 Å². The Morgan fingerprint density at radius 1 is 1.08 bits per heavy atom. The Hall–Kier alpha value is -3.89. The van der Waals surface area contributed by atoms with Gasteiger partial charge in [-0.2, -0.15) is 4.31 Å². The number of halogens is 1. The molecule has 0 bridgehead atoms. The van der Waals surface area contributed by atoms with Crippen LogP contribution in [-0.4, -0.2) is 34.9 Å². The average molecular weight is 548 g/mol. The summed E-state index contributed by atoms with van der Waals surface area (Å²) in [5.41, 5.74) is 2.65. The maximum atomic E-state index is 15.5. The minimum atomic E-state index is -3.70. The summed E-state index contributed by atoms with van der Waals surface area (Å²) in [5.74, 6) is -1.45. The molecule has 0 amide bonds. The number of ether oxygens (including phenoxy) is 1. The number of benzene rings is 2. The van der Waals surface area contributed by atoms with E-state index in [1.165, 1.54) is 10.5 Å². The van der Waals surface area contributed by atoms with E-state index in [1.54, 1.807) is 54.0 Å². The molecular weight excluding hydrogens is 521 g/mol. The molecule has 1 saturated carbocycles. The molecule has 39 heavy (non-hydrogen) atoms. The summed E-state index contributed by atoms with van der Waals surface area (Å²) in [5, 5.41) is 0.0187. The van der Waals surface area contributed by atoms with E-state index in [2.05, 4.69) is 4.98 Å². The topological polar surface area (TPSA) is 98.6 Å². The molecule has 2 aromatic heterocycles. The van der Waals surface area contributed by atoms with E-state index in [0.717, 1.165) is 35.6 Å². The highest BCUT2D eigenvalue weighted by molar-refractivity contribution is 7.89. The van der Waals surface area contributed by atoms with Gasteiger partial charge in [0.2, 0.25) is 15.5 Å². The molecule has 2 aliphatic rings. The van der Waals surface area contributed by atoms with E-state index in [4.69, 9.17) is 4.74 Å². The summed E-state index contributed by atoms with van der Waals surface area (Å²) < 4.78 is 50.1. The van der Waals surface area contributed by atoms with E-state index in [9.17, 15) is 18.0 Å². The highest BCUT2D eigenvalue weighted by Gasteiger charge is 2.32. The molecule has 1 aliphatic carbocycles. The van der Waals surface area contributed by atoms with Crippen molar-refractivity contribution in [3.05, 3.63) is 93.0 Å². The van der Waals surface area contributed by atoms with E-state index < -0.39 is 27.2 Å². The number of aromatic nitrogens is 2. The molecule has 1 fully saturated rings. The van der Waals surface area contributed by atoms with Crippen molar-refractivity contribution in [2.24, 2.45) is 0 Å². The fourth-order valence-corrected chi connectivity index (χ4v) is 6.37. The molecule has 0 atom stereocenters. The molecule has 1 aliphatic heterocycles. The van der Waals surface area contributed by atoms with Crippen LogP contribution in [0, 0.1) is 12.7 Å². The summed E-state index contributed by atoms with van der Waals surface area (Å²) in [7, 11) is -3.70. The molecule has 0 unspecified atom stereocenters. The first-order valence-electron chi connectivity index (χ1n) is 12.8. The van der Waals surface area contributed by atoms with Gasteiger partial charge in [0.1, 0.15) is 22.7 Å². The molecule has 3 heterocycles. The largest absolute Gasteiger partial charge is 0.462 e. The summed E-state index contributed by atoms with van der Waals surface area (Å²) in [4.78, 5) is 30.3. The van der Waals surface area contributed by atoms with Crippen LogP contribution < -0.4 is 5.43 Å². The second kappa shape index (κ2) is 9.39. The predicted octanol–water partition coefficient (Wildman–Crippen LogP) is 4.73. The minimum absolute atomic E-state index is 0.0187. The maximum absolute atomic E-state index is 15.5. The molecule has 0 saturated heterocycles. The molecule has 200 valence electrons. The van der Waals surface area contributed by atoms with Crippen LogP contribution in [0.25, 0.3) is 22.3 Å². The molecule has 2 aromatic carbocycles. The van der Waals surface area contributed by atoms with Crippen LogP contribution in [0.1, 0.15) is 52.9 Å². The van der Waals surface area contributed by atoms with Crippen molar-refractivity contribution >= 4 is 27.0 Å². The van der Waals surface area contributed by atoms with Crippen molar-refractivity contribution in [1.82, 2.24) is 13.9 Å². The lowest BCUT2D eigenvalue weighted by Gasteiger charge is -2.15. The molecule has 0 radical (unpaired) electrons. The third-order valence-corrected chi connectivity index (χ3v) is 9.03. The minimum Gasteiger partial charge on any atom is -0.462 e. The van der Waals surface area contributed by atoms with Gasteiger partial charge in [-0.1, -0.05) is 29.8 Å². The Morgan fingerprint density at radius 3 is 2.49 bits per heavy atom. The lowest BCUT2D eigenvalue weighted by Crippen LogP contribution is -2.25. The smallest absolute Gasteiger partial charge is 0.343 e. The SMILES string of the molecule is CCOC(=O)c1cn(C2CC2)c2nc(-c3ccc4c(c3)CN(S(=O)(=O)c3ccc(C)cc3)C4)c(F)cc2c1=O. The van der Waals surface area contributed by atoms with Crippen LogP contribution in [0.5, 0.6) is 0 Å². The van der Waals surface area contributed by atoms with Crippen molar-refractivity contribution in [1.29, 1.82) is 0 Å². The number of hydrogen-bond acceptors (Lipinski definition) is 6. The number of carbonyl (C=O) groups is 1. The number of aryl methyl sites for hydroxylation is 1. The van der Waals surface area contributed by atoms with E-state index in [0.29, 0.717) is 11.2 Å². The normalized spacial score (nSPS) is 15.5. The standard InChI is InChI=1S/C29H26FN3O5S/c1-3-38-29(35)24-16-33(21-8-9-21)28-23(27(24)34)13-25(30)26(31-28)18-6-7-19-14-32(15-20(19)12-18)39(36,37)22-10-4-17(2)5-11-22/h4-7,10-13,16,21H,3,8-9,14-15H2,1-2H3. The van der Waals surface area contributed by atoms with Crippen molar-refractivity contribution in [2.75, 3.05) is 6.61 Å². The quantitative estimate of drug-likeness (QED) is 0.324. The Labute approximate surface area is 224 Å².